The molecule has 0 atom stereocenters. The molecule has 6 nitrogen and oxygen atoms in total. The van der Waals surface area contributed by atoms with Gasteiger partial charge in [0.05, 0.1) is 26.6 Å². The summed E-state index contributed by atoms with van der Waals surface area (Å²) in [5.41, 5.74) is 0.832. The van der Waals surface area contributed by atoms with Gasteiger partial charge in [0.15, 0.2) is 0 Å². The monoisotopic (exact) mass is 286 g/mol. The second-order valence-electron chi connectivity index (χ2n) is 3.74. The van der Waals surface area contributed by atoms with Gasteiger partial charge in [-0.1, -0.05) is 24.3 Å². The van der Waals surface area contributed by atoms with Crippen LogP contribution in [0, 0.1) is 0 Å². The van der Waals surface area contributed by atoms with Crippen molar-refractivity contribution in [1.82, 2.24) is 0 Å². The lowest BCUT2D eigenvalue weighted by Crippen LogP contribution is -2.07. The van der Waals surface area contributed by atoms with Crippen LogP contribution in [0.25, 0.3) is 5.57 Å². The Labute approximate surface area is 110 Å². The van der Waals surface area contributed by atoms with Gasteiger partial charge in [0.1, 0.15) is 5.57 Å². The zero-order valence-corrected chi connectivity index (χ0v) is 11.5. The fourth-order valence-corrected chi connectivity index (χ4v) is 2.31. The van der Waals surface area contributed by atoms with Gasteiger partial charge in [0.2, 0.25) is 0 Å². The highest BCUT2D eigenvalue weighted by atomic mass is 31.2. The van der Waals surface area contributed by atoms with Gasteiger partial charge in [0.25, 0.3) is 0 Å². The summed E-state index contributed by atoms with van der Waals surface area (Å²) in [4.78, 5) is 29.8. The van der Waals surface area contributed by atoms with Crippen LogP contribution in [0.15, 0.2) is 30.5 Å². The smallest absolute Gasteiger partial charge is 0.341 e. The molecular weight excluding hydrogens is 271 g/mol. The number of methoxy groups -OCH3 is 2. The molecule has 1 rings (SSSR count). The van der Waals surface area contributed by atoms with Gasteiger partial charge < -0.3 is 19.3 Å². The maximum absolute atomic E-state index is 11.7. The Kier molecular flexibility index (Phi) is 5.30. The first kappa shape index (κ1) is 15.4. The molecule has 19 heavy (non-hydrogen) atoms. The summed E-state index contributed by atoms with van der Waals surface area (Å²) in [5.74, 6) is -0.639. The normalized spacial score (nSPS) is 12.1. The highest BCUT2D eigenvalue weighted by Gasteiger charge is 2.21. The Morgan fingerprint density at radius 2 is 1.95 bits per heavy atom. The van der Waals surface area contributed by atoms with Crippen LogP contribution in [0.2, 0.25) is 0 Å². The third kappa shape index (κ3) is 4.52. The Bertz CT molecular complexity index is 531. The van der Waals surface area contributed by atoms with Crippen LogP contribution in [0.4, 0.5) is 0 Å². The van der Waals surface area contributed by atoms with Gasteiger partial charge in [0, 0.05) is 0 Å². The van der Waals surface area contributed by atoms with Crippen molar-refractivity contribution in [3.05, 3.63) is 41.7 Å². The standard InChI is InChI=1S/C12H15O6P/c1-17-7-11(12(13)18-2)10-6-4-3-5-9(10)8-19(14,15)16/h3-7H,8H2,1-2H3,(H2,14,15,16)/b11-7-. The minimum atomic E-state index is -4.23. The van der Waals surface area contributed by atoms with Gasteiger partial charge in [-0.25, -0.2) is 4.79 Å². The van der Waals surface area contributed by atoms with Crippen molar-refractivity contribution in [1.29, 1.82) is 0 Å². The average Bonchev–Trinajstić information content (AvgIpc) is 2.34. The lowest BCUT2D eigenvalue weighted by Gasteiger charge is -2.12. The SMILES string of the molecule is CO/C=C(\C(=O)OC)c1ccccc1CP(=O)(O)O. The molecule has 0 radical (unpaired) electrons. The predicted octanol–water partition coefficient (Wildman–Crippen LogP) is 1.52. The molecule has 0 aliphatic carbocycles. The second-order valence-corrected chi connectivity index (χ2v) is 5.38. The van der Waals surface area contributed by atoms with E-state index in [1.54, 1.807) is 24.3 Å². The van der Waals surface area contributed by atoms with E-state index in [1.807, 2.05) is 0 Å². The van der Waals surface area contributed by atoms with E-state index in [0.29, 0.717) is 11.1 Å². The zero-order valence-electron chi connectivity index (χ0n) is 10.6. The Hall–Kier alpha value is -1.62. The van der Waals surface area contributed by atoms with Gasteiger partial charge in [-0.05, 0) is 11.1 Å². The quantitative estimate of drug-likeness (QED) is 0.369. The lowest BCUT2D eigenvalue weighted by molar-refractivity contribution is -0.133. The molecule has 0 saturated heterocycles. The van der Waals surface area contributed by atoms with Crippen LogP contribution in [-0.2, 0) is 25.0 Å². The highest BCUT2D eigenvalue weighted by molar-refractivity contribution is 7.50. The molecule has 104 valence electrons. The summed E-state index contributed by atoms with van der Waals surface area (Å²) in [5, 5.41) is 0. The number of rotatable bonds is 5. The molecule has 0 amide bonds. The maximum Gasteiger partial charge on any atom is 0.341 e. The second kappa shape index (κ2) is 6.52. The van der Waals surface area contributed by atoms with Crippen molar-refractivity contribution in [3.8, 4) is 0 Å². The van der Waals surface area contributed by atoms with E-state index < -0.39 is 19.7 Å². The summed E-state index contributed by atoms with van der Waals surface area (Å²) < 4.78 is 20.5. The molecule has 0 saturated carbocycles. The Balaban J connectivity index is 3.28. The molecule has 0 spiro atoms. The highest BCUT2D eigenvalue weighted by Crippen LogP contribution is 2.40. The summed E-state index contributed by atoms with van der Waals surface area (Å²) in [6, 6.07) is 6.41. The van der Waals surface area contributed by atoms with Crippen molar-refractivity contribution < 1.29 is 28.6 Å². The van der Waals surface area contributed by atoms with Crippen molar-refractivity contribution in [2.75, 3.05) is 14.2 Å². The third-order valence-electron chi connectivity index (χ3n) is 2.32. The van der Waals surface area contributed by atoms with Gasteiger partial charge in [-0.3, -0.25) is 4.57 Å². The minimum Gasteiger partial charge on any atom is -0.503 e. The van der Waals surface area contributed by atoms with E-state index in [2.05, 4.69) is 4.74 Å². The predicted molar refractivity (Wildman–Crippen MR) is 69.2 cm³/mol. The molecule has 0 aliphatic heterocycles. The lowest BCUT2D eigenvalue weighted by atomic mass is 10.0. The van der Waals surface area contributed by atoms with E-state index in [0.717, 1.165) is 0 Å². The van der Waals surface area contributed by atoms with E-state index >= 15 is 0 Å². The number of ether oxygens (including phenoxy) is 2. The topological polar surface area (TPSA) is 93.1 Å². The van der Waals surface area contributed by atoms with Crippen molar-refractivity contribution in [2.24, 2.45) is 0 Å². The van der Waals surface area contributed by atoms with Crippen LogP contribution in [0.3, 0.4) is 0 Å². The van der Waals surface area contributed by atoms with Gasteiger partial charge in [-0.15, -0.1) is 0 Å². The van der Waals surface area contributed by atoms with E-state index in [9.17, 15) is 9.36 Å². The Morgan fingerprint density at radius 3 is 2.47 bits per heavy atom. The van der Waals surface area contributed by atoms with Crippen LogP contribution in [0.1, 0.15) is 11.1 Å². The number of esters is 1. The van der Waals surface area contributed by atoms with E-state index in [4.69, 9.17) is 14.5 Å². The number of hydrogen-bond acceptors (Lipinski definition) is 4. The van der Waals surface area contributed by atoms with Crippen molar-refractivity contribution in [3.63, 3.8) is 0 Å². The molecule has 2 N–H and O–H groups in total. The van der Waals surface area contributed by atoms with E-state index in [-0.39, 0.29) is 5.57 Å². The van der Waals surface area contributed by atoms with Gasteiger partial charge in [-0.2, -0.15) is 0 Å². The molecule has 1 aromatic rings. The van der Waals surface area contributed by atoms with Gasteiger partial charge >= 0.3 is 13.6 Å². The average molecular weight is 286 g/mol. The number of benzene rings is 1. The molecule has 0 heterocycles. The molecule has 0 unspecified atom stereocenters. The molecule has 0 aromatic heterocycles. The van der Waals surface area contributed by atoms with Crippen LogP contribution < -0.4 is 0 Å². The molecule has 7 heteroatoms. The van der Waals surface area contributed by atoms with Crippen LogP contribution >= 0.6 is 7.60 Å². The molecule has 1 aromatic carbocycles. The number of hydrogen-bond donors (Lipinski definition) is 2. The van der Waals surface area contributed by atoms with Crippen molar-refractivity contribution >= 4 is 19.1 Å². The van der Waals surface area contributed by atoms with Crippen LogP contribution in [0.5, 0.6) is 0 Å². The summed E-state index contributed by atoms with van der Waals surface area (Å²) in [6.07, 6.45) is 0.728. The number of carbonyl (C=O) groups excluding carboxylic acids is 1. The molecule has 0 bridgehead atoms. The largest absolute Gasteiger partial charge is 0.503 e. The fourth-order valence-electron chi connectivity index (χ4n) is 1.59. The van der Waals surface area contributed by atoms with E-state index in [1.165, 1.54) is 20.5 Å². The summed E-state index contributed by atoms with van der Waals surface area (Å²) >= 11 is 0. The summed E-state index contributed by atoms with van der Waals surface area (Å²) in [6.45, 7) is 0. The first-order chi connectivity index (χ1) is 8.89. The summed E-state index contributed by atoms with van der Waals surface area (Å²) in [7, 11) is -1.64. The molecular formula is C12H15O6P. The minimum absolute atomic E-state index is 0.106. The first-order valence-corrected chi connectivity index (χ1v) is 7.13. The molecule has 0 fully saturated rings. The van der Waals surface area contributed by atoms with Crippen molar-refractivity contribution in [2.45, 2.75) is 6.16 Å². The zero-order chi connectivity index (χ0) is 14.5. The molecule has 0 aliphatic rings. The third-order valence-corrected chi connectivity index (χ3v) is 3.08. The van der Waals surface area contributed by atoms with Crippen LogP contribution in [-0.4, -0.2) is 30.0 Å². The fraction of sp³-hybridized carbons (Fsp3) is 0.250. The first-order valence-electron chi connectivity index (χ1n) is 5.33. The number of carbonyl (C=O) groups is 1. The Morgan fingerprint density at radius 1 is 1.32 bits per heavy atom. The maximum atomic E-state index is 11.7.